The summed E-state index contributed by atoms with van der Waals surface area (Å²) in [6.45, 7) is 2.52. The summed E-state index contributed by atoms with van der Waals surface area (Å²) in [6, 6.07) is 10.2. The highest BCUT2D eigenvalue weighted by atomic mass is 19.4. The summed E-state index contributed by atoms with van der Waals surface area (Å²) < 4.78 is 56.0. The van der Waals surface area contributed by atoms with Crippen molar-refractivity contribution in [3.63, 3.8) is 0 Å². The highest BCUT2D eigenvalue weighted by Crippen LogP contribution is 2.33. The number of nitrogens with zero attached hydrogens (tertiary/aromatic N) is 1. The Morgan fingerprint density at radius 1 is 0.977 bits per heavy atom. The second-order valence-electron chi connectivity index (χ2n) is 10.5. The normalized spacial score (nSPS) is 17.6. The lowest BCUT2D eigenvalue weighted by Gasteiger charge is -2.29. The van der Waals surface area contributed by atoms with Crippen LogP contribution in [0.2, 0.25) is 0 Å². The van der Waals surface area contributed by atoms with Crippen LogP contribution in [0.5, 0.6) is 11.5 Å². The summed E-state index contributed by atoms with van der Waals surface area (Å²) in [5, 5.41) is 31.2. The molecule has 10 nitrogen and oxygen atoms in total. The monoisotopic (exact) mass is 628 g/mol. The Morgan fingerprint density at radius 2 is 1.61 bits per heavy atom. The van der Waals surface area contributed by atoms with Crippen molar-refractivity contribution in [3.05, 3.63) is 59.4 Å². The summed E-state index contributed by atoms with van der Waals surface area (Å²) in [4.78, 5) is 35.9. The lowest BCUT2D eigenvalue weighted by Crippen LogP contribution is -2.47. The number of rotatable bonds is 12. The number of hydrogen-bond donors (Lipinski definition) is 4. The van der Waals surface area contributed by atoms with Crippen LogP contribution in [0, 0.1) is 5.82 Å². The molecule has 0 radical (unpaired) electrons. The van der Waals surface area contributed by atoms with Crippen LogP contribution in [0.15, 0.2) is 42.5 Å². The largest absolute Gasteiger partial charge is 0.490 e. The van der Waals surface area contributed by atoms with Crippen LogP contribution >= 0.6 is 0 Å². The van der Waals surface area contributed by atoms with E-state index < -0.39 is 30.4 Å². The van der Waals surface area contributed by atoms with Gasteiger partial charge in [-0.1, -0.05) is 12.5 Å². The quantitative estimate of drug-likeness (QED) is 0.157. The number of aliphatic carboxylic acids is 1. The average Bonchev–Trinajstić information content (AvgIpc) is 3.40. The summed E-state index contributed by atoms with van der Waals surface area (Å²) in [7, 11) is 0. The molecule has 14 heteroatoms. The number of ketones is 1. The molecule has 2 aromatic rings. The fourth-order valence-electron chi connectivity index (χ4n) is 4.76. The SMILES string of the molecule is O=C(CCCCCC(=O)c1ccc(F)cc1)N[C@H](CN1CC[C@H](O)C1)[C@H](O)c1ccc2c(c1)OCCO2.O=C(O)C(F)(F)F. The van der Waals surface area contributed by atoms with Gasteiger partial charge in [-0.3, -0.25) is 14.5 Å². The number of carboxylic acids is 1. The molecule has 1 saturated heterocycles. The Balaban J connectivity index is 0.000000676. The number of carbonyl (C=O) groups is 3. The van der Waals surface area contributed by atoms with E-state index in [1.54, 1.807) is 18.2 Å². The smallest absolute Gasteiger partial charge is 0.486 e. The van der Waals surface area contributed by atoms with Crippen molar-refractivity contribution in [1.29, 1.82) is 0 Å². The zero-order chi connectivity index (χ0) is 32.3. The van der Waals surface area contributed by atoms with Gasteiger partial charge in [0.1, 0.15) is 25.1 Å². The van der Waals surface area contributed by atoms with E-state index in [1.165, 1.54) is 24.3 Å². The van der Waals surface area contributed by atoms with Crippen molar-refractivity contribution in [1.82, 2.24) is 10.2 Å². The Kier molecular flexibility index (Phi) is 12.9. The van der Waals surface area contributed by atoms with Crippen LogP contribution in [0.1, 0.15) is 60.6 Å². The molecule has 242 valence electrons. The Bertz CT molecular complexity index is 1260. The maximum absolute atomic E-state index is 13.0. The molecular formula is C30H36F4N2O8. The molecule has 0 spiro atoms. The number of ether oxygens (including phenoxy) is 2. The number of β-amino-alcohol motifs (C(OH)–C–C–N with tert-alkyl or cyclic N) is 1. The first-order valence-corrected chi connectivity index (χ1v) is 14.2. The Labute approximate surface area is 251 Å². The van der Waals surface area contributed by atoms with Gasteiger partial charge in [-0.05, 0) is 61.2 Å². The molecule has 44 heavy (non-hydrogen) atoms. The number of aliphatic hydroxyl groups is 2. The van der Waals surface area contributed by atoms with Gasteiger partial charge in [-0.15, -0.1) is 0 Å². The van der Waals surface area contributed by atoms with Crippen LogP contribution < -0.4 is 14.8 Å². The highest BCUT2D eigenvalue weighted by molar-refractivity contribution is 5.95. The second-order valence-corrected chi connectivity index (χ2v) is 10.5. The first-order chi connectivity index (χ1) is 20.8. The van der Waals surface area contributed by atoms with Crippen LogP contribution in [0.4, 0.5) is 17.6 Å². The first kappa shape index (κ1) is 34.7. The minimum Gasteiger partial charge on any atom is -0.486 e. The molecule has 0 saturated carbocycles. The fraction of sp³-hybridized carbons (Fsp3) is 0.500. The number of alkyl halides is 3. The summed E-state index contributed by atoms with van der Waals surface area (Å²) in [5.41, 5.74) is 1.11. The van der Waals surface area contributed by atoms with Gasteiger partial charge in [-0.25, -0.2) is 9.18 Å². The Morgan fingerprint density at radius 3 is 2.23 bits per heavy atom. The summed E-state index contributed by atoms with van der Waals surface area (Å²) >= 11 is 0. The molecular weight excluding hydrogens is 592 g/mol. The number of benzene rings is 2. The van der Waals surface area contributed by atoms with Crippen molar-refractivity contribution in [2.24, 2.45) is 0 Å². The molecule has 0 aliphatic carbocycles. The van der Waals surface area contributed by atoms with Gasteiger partial charge in [0.25, 0.3) is 0 Å². The van der Waals surface area contributed by atoms with Crippen molar-refractivity contribution in [3.8, 4) is 11.5 Å². The third kappa shape index (κ3) is 11.1. The van der Waals surface area contributed by atoms with Gasteiger partial charge in [0, 0.05) is 38.0 Å². The van der Waals surface area contributed by atoms with Crippen LogP contribution in [-0.4, -0.2) is 89.0 Å². The van der Waals surface area contributed by atoms with E-state index >= 15 is 0 Å². The molecule has 0 aromatic heterocycles. The van der Waals surface area contributed by atoms with E-state index in [2.05, 4.69) is 5.32 Å². The molecule has 1 fully saturated rings. The number of amides is 1. The highest BCUT2D eigenvalue weighted by Gasteiger charge is 2.38. The molecule has 2 aromatic carbocycles. The van der Waals surface area contributed by atoms with E-state index in [0.29, 0.717) is 87.6 Å². The number of nitrogens with one attached hydrogen (secondary N) is 1. The summed E-state index contributed by atoms with van der Waals surface area (Å²) in [6.07, 6.45) is -3.22. The fourth-order valence-corrected chi connectivity index (χ4v) is 4.76. The van der Waals surface area contributed by atoms with Crippen LogP contribution in [0.3, 0.4) is 0 Å². The minimum absolute atomic E-state index is 0.0418. The predicted molar refractivity (Wildman–Crippen MR) is 149 cm³/mol. The standard InChI is InChI=1S/C28H35FN2O6.C2HF3O2/c29-21-9-6-19(7-10-21)24(33)4-2-1-3-5-27(34)30-23(18-31-13-12-22(32)17-31)28(35)20-8-11-25-26(16-20)37-15-14-36-25;3-2(4,5)1(6)7/h6-11,16,22-23,28,32,35H,1-5,12-15,17-18H2,(H,30,34);(H,6,7)/t22-,23+,28+;/m0./s1. The Hall–Kier alpha value is -3.75. The van der Waals surface area contributed by atoms with E-state index in [-0.39, 0.29) is 23.9 Å². The van der Waals surface area contributed by atoms with Gasteiger partial charge in [-0.2, -0.15) is 13.2 Å². The van der Waals surface area contributed by atoms with E-state index in [0.717, 1.165) is 0 Å². The number of carboxylic acid groups (broad SMARTS) is 1. The van der Waals surface area contributed by atoms with Gasteiger partial charge in [0.2, 0.25) is 5.91 Å². The lowest BCUT2D eigenvalue weighted by atomic mass is 10.00. The van der Waals surface area contributed by atoms with Crippen LogP contribution in [0.25, 0.3) is 0 Å². The molecule has 0 bridgehead atoms. The van der Waals surface area contributed by atoms with Crippen molar-refractivity contribution >= 4 is 17.7 Å². The molecule has 2 aliphatic heterocycles. The van der Waals surface area contributed by atoms with E-state index in [1.807, 2.05) is 4.90 Å². The maximum Gasteiger partial charge on any atom is 0.490 e. The van der Waals surface area contributed by atoms with Gasteiger partial charge >= 0.3 is 12.1 Å². The van der Waals surface area contributed by atoms with Gasteiger partial charge < -0.3 is 30.1 Å². The number of halogens is 4. The number of fused-ring (bicyclic) bond motifs is 1. The van der Waals surface area contributed by atoms with E-state index in [9.17, 15) is 37.4 Å². The zero-order valence-corrected chi connectivity index (χ0v) is 23.9. The first-order valence-electron chi connectivity index (χ1n) is 14.2. The topological polar surface area (TPSA) is 146 Å². The third-order valence-electron chi connectivity index (χ3n) is 7.05. The molecule has 4 N–H and O–H groups in total. The molecule has 2 aliphatic rings. The van der Waals surface area contributed by atoms with Gasteiger partial charge in [0.15, 0.2) is 17.3 Å². The van der Waals surface area contributed by atoms with Crippen molar-refractivity contribution in [2.45, 2.75) is 63.0 Å². The molecule has 4 rings (SSSR count). The minimum atomic E-state index is -5.08. The van der Waals surface area contributed by atoms with Crippen molar-refractivity contribution in [2.75, 3.05) is 32.8 Å². The number of carbonyl (C=O) groups excluding carboxylic acids is 2. The van der Waals surface area contributed by atoms with Crippen molar-refractivity contribution < 1.29 is 56.7 Å². The molecule has 3 atom stereocenters. The number of Topliss-reactive ketones (excluding diaryl/α,β-unsaturated/α-hetero) is 1. The zero-order valence-electron chi connectivity index (χ0n) is 23.9. The van der Waals surface area contributed by atoms with Gasteiger partial charge in [0.05, 0.1) is 12.1 Å². The summed E-state index contributed by atoms with van der Waals surface area (Å²) in [5.74, 6) is -2.15. The third-order valence-corrected chi connectivity index (χ3v) is 7.05. The molecule has 2 heterocycles. The second kappa shape index (κ2) is 16.4. The average molecular weight is 629 g/mol. The number of unbranched alkanes of at least 4 members (excludes halogenated alkanes) is 2. The number of likely N-dealkylation sites (tertiary alicyclic amines) is 1. The molecule has 0 unspecified atom stereocenters. The predicted octanol–water partition coefficient (Wildman–Crippen LogP) is 3.65. The number of hydrogen-bond acceptors (Lipinski definition) is 8. The van der Waals surface area contributed by atoms with E-state index in [4.69, 9.17) is 19.4 Å². The molecule has 1 amide bonds. The lowest BCUT2D eigenvalue weighted by molar-refractivity contribution is -0.192. The number of aliphatic hydroxyl groups excluding tert-OH is 2. The maximum atomic E-state index is 13.0. The van der Waals surface area contributed by atoms with Crippen LogP contribution in [-0.2, 0) is 9.59 Å².